The summed E-state index contributed by atoms with van der Waals surface area (Å²) in [6.45, 7) is 0. The zero-order valence-corrected chi connectivity index (χ0v) is 15.8. The molecule has 0 amide bonds. The molecule has 1 aliphatic carbocycles. The van der Waals surface area contributed by atoms with Gasteiger partial charge in [0.05, 0.1) is 18.2 Å². The molecule has 1 aliphatic rings. The molecule has 0 saturated heterocycles. The van der Waals surface area contributed by atoms with Gasteiger partial charge in [-0.2, -0.15) is 18.3 Å². The average Bonchev–Trinajstić information content (AvgIpc) is 3.39. The molecule has 0 unspecified atom stereocenters. The van der Waals surface area contributed by atoms with E-state index in [2.05, 4.69) is 14.8 Å². The molecule has 4 rings (SSSR count). The Morgan fingerprint density at radius 3 is 2.38 bits per heavy atom. The summed E-state index contributed by atoms with van der Waals surface area (Å²) in [4.78, 5) is 28.1. The molecule has 0 spiro atoms. The van der Waals surface area contributed by atoms with E-state index in [4.69, 9.17) is 0 Å². The summed E-state index contributed by atoms with van der Waals surface area (Å²) >= 11 is 0. The van der Waals surface area contributed by atoms with Crippen molar-refractivity contribution in [2.24, 2.45) is 5.92 Å². The Kier molecular flexibility index (Phi) is 5.05. The maximum atomic E-state index is 14.3. The van der Waals surface area contributed by atoms with Crippen molar-refractivity contribution in [1.82, 2.24) is 19.7 Å². The highest BCUT2D eigenvalue weighted by molar-refractivity contribution is 5.77. The summed E-state index contributed by atoms with van der Waals surface area (Å²) in [6.07, 6.45) is -10.3. The van der Waals surface area contributed by atoms with Crippen molar-refractivity contribution in [2.45, 2.75) is 37.8 Å². The molecule has 32 heavy (non-hydrogen) atoms. The summed E-state index contributed by atoms with van der Waals surface area (Å²) in [5, 5.41) is 3.42. The van der Waals surface area contributed by atoms with E-state index >= 15 is 0 Å². The first-order valence-corrected chi connectivity index (χ1v) is 9.18. The van der Waals surface area contributed by atoms with Crippen LogP contribution in [0.4, 0.5) is 30.7 Å². The van der Waals surface area contributed by atoms with Crippen LogP contribution in [0.3, 0.4) is 0 Å². The number of hydrogen-bond acceptors (Lipinski definition) is 4. The van der Waals surface area contributed by atoms with Crippen LogP contribution in [0.15, 0.2) is 27.8 Å². The van der Waals surface area contributed by atoms with Gasteiger partial charge >= 0.3 is 18.2 Å². The second-order valence-corrected chi connectivity index (χ2v) is 7.34. The number of halogens is 7. The number of fused-ring (bicyclic) bond motifs is 1. The van der Waals surface area contributed by atoms with Gasteiger partial charge in [-0.05, 0) is 36.5 Å². The Labute approximate surface area is 172 Å². The Hall–Kier alpha value is -3.32. The van der Waals surface area contributed by atoms with Gasteiger partial charge in [0.1, 0.15) is 11.0 Å². The van der Waals surface area contributed by atoms with Gasteiger partial charge in [0.25, 0.3) is 5.56 Å². The van der Waals surface area contributed by atoms with Crippen LogP contribution in [0.5, 0.6) is 5.75 Å². The number of nitrogens with one attached hydrogen (secondary N) is 2. The van der Waals surface area contributed by atoms with Crippen LogP contribution in [-0.4, -0.2) is 32.3 Å². The highest BCUT2D eigenvalue weighted by Crippen LogP contribution is 2.45. The molecule has 2 N–H and O–H groups in total. The summed E-state index contributed by atoms with van der Waals surface area (Å²) in [7, 11) is 0. The first-order valence-electron chi connectivity index (χ1n) is 9.18. The number of aromatic nitrogens is 4. The van der Waals surface area contributed by atoms with Gasteiger partial charge in [0.2, 0.25) is 0 Å². The van der Waals surface area contributed by atoms with E-state index in [0.717, 1.165) is 22.9 Å². The summed E-state index contributed by atoms with van der Waals surface area (Å²) < 4.78 is 95.2. The predicted octanol–water partition coefficient (Wildman–Crippen LogP) is 3.55. The Balaban J connectivity index is 1.87. The third kappa shape index (κ3) is 4.48. The quantitative estimate of drug-likeness (QED) is 0.563. The minimum Gasteiger partial charge on any atom is -0.403 e. The second kappa shape index (κ2) is 7.38. The van der Waals surface area contributed by atoms with Gasteiger partial charge in [0, 0.05) is 0 Å². The third-order valence-corrected chi connectivity index (χ3v) is 4.89. The van der Waals surface area contributed by atoms with E-state index in [0.29, 0.717) is 12.8 Å². The number of nitrogens with zero attached hydrogens (tertiary/aromatic N) is 2. The molecule has 0 radical (unpaired) electrons. The smallest absolute Gasteiger partial charge is 0.403 e. The lowest BCUT2D eigenvalue weighted by Gasteiger charge is -2.19. The number of ether oxygens (including phenoxy) is 1. The fraction of sp³-hybridized carbons (Fsp3) is 0.389. The van der Waals surface area contributed by atoms with Gasteiger partial charge in [-0.15, -0.1) is 13.2 Å². The van der Waals surface area contributed by atoms with E-state index in [1.807, 2.05) is 4.98 Å². The standard InChI is InChI=1S/C18H13F7N4O3/c19-9-5-8(3-4-11(9)32-18(23,24)25)13(7-1-2-7)29-14-12(15(30)27-16(31)26-14)10(28-29)6-17(20,21)22/h3-5,7,13H,1-2,6H2,(H2,26,27,30,31)/t13-/m0/s1. The molecule has 172 valence electrons. The predicted molar refractivity (Wildman–Crippen MR) is 94.7 cm³/mol. The summed E-state index contributed by atoms with van der Waals surface area (Å²) in [5.41, 5.74) is -2.93. The first kappa shape index (κ1) is 21.9. The van der Waals surface area contributed by atoms with Crippen molar-refractivity contribution in [3.8, 4) is 5.75 Å². The third-order valence-electron chi connectivity index (χ3n) is 4.89. The Morgan fingerprint density at radius 2 is 1.81 bits per heavy atom. The number of alkyl halides is 6. The van der Waals surface area contributed by atoms with Crippen LogP contribution in [0.1, 0.15) is 30.1 Å². The van der Waals surface area contributed by atoms with E-state index in [-0.39, 0.29) is 17.1 Å². The Morgan fingerprint density at radius 1 is 1.12 bits per heavy atom. The number of rotatable bonds is 5. The largest absolute Gasteiger partial charge is 0.573 e. The number of hydrogen-bond donors (Lipinski definition) is 2. The zero-order valence-electron chi connectivity index (χ0n) is 15.8. The van der Waals surface area contributed by atoms with Crippen LogP contribution in [0, 0.1) is 11.7 Å². The first-order chi connectivity index (χ1) is 14.8. The lowest BCUT2D eigenvalue weighted by atomic mass is 10.0. The van der Waals surface area contributed by atoms with Crippen LogP contribution >= 0.6 is 0 Å². The van der Waals surface area contributed by atoms with Crippen LogP contribution < -0.4 is 16.0 Å². The van der Waals surface area contributed by atoms with Crippen molar-refractivity contribution in [2.75, 3.05) is 0 Å². The average molecular weight is 466 g/mol. The monoisotopic (exact) mass is 466 g/mol. The molecule has 1 aromatic carbocycles. The van der Waals surface area contributed by atoms with Crippen LogP contribution in [0.25, 0.3) is 11.0 Å². The van der Waals surface area contributed by atoms with Crippen molar-refractivity contribution in [1.29, 1.82) is 0 Å². The lowest BCUT2D eigenvalue weighted by molar-refractivity contribution is -0.275. The fourth-order valence-electron chi connectivity index (χ4n) is 3.59. The fourth-order valence-corrected chi connectivity index (χ4v) is 3.59. The van der Waals surface area contributed by atoms with Gasteiger partial charge in [-0.1, -0.05) is 6.07 Å². The van der Waals surface area contributed by atoms with Crippen molar-refractivity contribution in [3.05, 3.63) is 56.1 Å². The van der Waals surface area contributed by atoms with Gasteiger partial charge in [-0.25, -0.2) is 13.9 Å². The maximum absolute atomic E-state index is 14.3. The highest BCUT2D eigenvalue weighted by atomic mass is 19.4. The maximum Gasteiger partial charge on any atom is 0.573 e. The molecule has 1 saturated carbocycles. The topological polar surface area (TPSA) is 92.8 Å². The molecule has 14 heteroatoms. The van der Waals surface area contributed by atoms with E-state index in [1.54, 1.807) is 0 Å². The minimum absolute atomic E-state index is 0.0867. The number of aromatic amines is 2. The van der Waals surface area contributed by atoms with Crippen molar-refractivity contribution >= 4 is 11.0 Å². The van der Waals surface area contributed by atoms with Gasteiger partial charge < -0.3 is 4.74 Å². The van der Waals surface area contributed by atoms with Gasteiger partial charge in [0.15, 0.2) is 11.6 Å². The Bertz CT molecular complexity index is 1280. The summed E-state index contributed by atoms with van der Waals surface area (Å²) in [6, 6.07) is 1.68. The van der Waals surface area contributed by atoms with Crippen LogP contribution in [0.2, 0.25) is 0 Å². The molecule has 3 aromatic rings. The summed E-state index contributed by atoms with van der Waals surface area (Å²) in [5.74, 6) is -2.68. The SMILES string of the molecule is O=c1[nH]c(=O)c2c(CC(F)(F)F)nn([C@H](c3ccc(OC(F)(F)F)c(F)c3)C3CC3)c2[nH]1. The molecule has 0 bridgehead atoms. The number of benzene rings is 1. The number of H-pyrrole nitrogens is 2. The molecule has 2 aromatic heterocycles. The molecular weight excluding hydrogens is 453 g/mol. The molecule has 1 fully saturated rings. The van der Waals surface area contributed by atoms with Crippen molar-refractivity contribution in [3.63, 3.8) is 0 Å². The normalized spacial score (nSPS) is 15.8. The second-order valence-electron chi connectivity index (χ2n) is 7.34. The van der Waals surface area contributed by atoms with E-state index < -0.39 is 58.9 Å². The molecular formula is C18H13F7N4O3. The molecule has 7 nitrogen and oxygen atoms in total. The van der Waals surface area contributed by atoms with Crippen molar-refractivity contribution < 1.29 is 35.5 Å². The minimum atomic E-state index is -5.12. The molecule has 2 heterocycles. The van der Waals surface area contributed by atoms with Gasteiger partial charge in [-0.3, -0.25) is 14.8 Å². The molecule has 1 atom stereocenters. The van der Waals surface area contributed by atoms with E-state index in [9.17, 15) is 40.3 Å². The lowest BCUT2D eigenvalue weighted by Crippen LogP contribution is -2.24. The van der Waals surface area contributed by atoms with E-state index in [1.165, 1.54) is 0 Å². The molecule has 0 aliphatic heterocycles. The zero-order chi connectivity index (χ0) is 23.4. The van der Waals surface area contributed by atoms with Crippen LogP contribution in [-0.2, 0) is 6.42 Å². The highest BCUT2D eigenvalue weighted by Gasteiger charge is 2.39.